The van der Waals surface area contributed by atoms with Gasteiger partial charge in [-0.25, -0.2) is 0 Å². The first-order valence-corrected chi connectivity index (χ1v) is 12.6. The number of hydrogen-bond acceptors (Lipinski definition) is 10. The molecule has 0 fully saturated rings. The van der Waals surface area contributed by atoms with Crippen LogP contribution in [0, 0.1) is 20.8 Å². The smallest absolute Gasteiger partial charge is 0.268 e. The molecule has 3 rings (SSSR count). The Hall–Kier alpha value is -2.83. The molecule has 0 saturated carbocycles. The average molecular weight is 519 g/mol. The highest BCUT2D eigenvalue weighted by atomic mass is 32.1. The fraction of sp³-hybridized carbons (Fsp3) is 0.480. The molecule has 1 aromatic carbocycles. The van der Waals surface area contributed by atoms with Crippen LogP contribution >= 0.6 is 11.3 Å². The number of nitrogens with one attached hydrogen (secondary N) is 1. The molecular formula is C25H34N4O6S. The molecule has 0 saturated heterocycles. The fourth-order valence-electron chi connectivity index (χ4n) is 3.75. The van der Waals surface area contributed by atoms with Crippen LogP contribution in [-0.4, -0.2) is 81.8 Å². The Morgan fingerprint density at radius 1 is 1.19 bits per heavy atom. The summed E-state index contributed by atoms with van der Waals surface area (Å²) in [5, 5.41) is 34.6. The maximum Gasteiger partial charge on any atom is 0.268 e. The number of ether oxygens (including phenoxy) is 1. The molecule has 0 spiro atoms. The number of aromatic nitrogens is 2. The molecule has 0 aliphatic heterocycles. The van der Waals surface area contributed by atoms with E-state index in [1.807, 2.05) is 32.0 Å². The highest BCUT2D eigenvalue weighted by Gasteiger charge is 2.18. The maximum absolute atomic E-state index is 11.1. The minimum absolute atomic E-state index is 0.00702. The molecular weight excluding hydrogens is 484 g/mol. The second-order valence-corrected chi connectivity index (χ2v) is 9.74. The fourth-order valence-corrected chi connectivity index (χ4v) is 4.89. The lowest BCUT2D eigenvalue weighted by molar-refractivity contribution is -0.124. The van der Waals surface area contributed by atoms with Crippen molar-refractivity contribution in [2.75, 3.05) is 39.5 Å². The molecule has 0 aliphatic carbocycles. The zero-order valence-electron chi connectivity index (χ0n) is 21.1. The van der Waals surface area contributed by atoms with Gasteiger partial charge in [0, 0.05) is 30.1 Å². The van der Waals surface area contributed by atoms with Crippen LogP contribution in [0.3, 0.4) is 0 Å². The van der Waals surface area contributed by atoms with E-state index in [0.717, 1.165) is 40.2 Å². The summed E-state index contributed by atoms with van der Waals surface area (Å²) in [6, 6.07) is 5.85. The zero-order valence-corrected chi connectivity index (χ0v) is 21.9. The van der Waals surface area contributed by atoms with Gasteiger partial charge in [0.15, 0.2) is 0 Å². The van der Waals surface area contributed by atoms with Gasteiger partial charge in [0.1, 0.15) is 25.1 Å². The monoisotopic (exact) mass is 518 g/mol. The van der Waals surface area contributed by atoms with Crippen molar-refractivity contribution >= 4 is 17.2 Å². The molecule has 4 N–H and O–H groups in total. The zero-order chi connectivity index (χ0) is 26.2. The number of nitrogens with zero attached hydrogens (tertiary/aromatic N) is 3. The second kappa shape index (κ2) is 12.9. The molecule has 11 heteroatoms. The van der Waals surface area contributed by atoms with Crippen LogP contribution in [0.15, 0.2) is 22.7 Å². The molecule has 3 aromatic rings. The number of likely N-dealkylation sites (N-methyl/N-ethyl adjacent to an activating group) is 1. The van der Waals surface area contributed by atoms with Gasteiger partial charge in [-0.3, -0.25) is 9.69 Å². The molecule has 10 nitrogen and oxygen atoms in total. The first-order chi connectivity index (χ1) is 17.2. The van der Waals surface area contributed by atoms with Crippen LogP contribution in [0.5, 0.6) is 5.75 Å². The Morgan fingerprint density at radius 3 is 2.56 bits per heavy atom. The van der Waals surface area contributed by atoms with Gasteiger partial charge in [-0.1, -0.05) is 12.1 Å². The van der Waals surface area contributed by atoms with Crippen molar-refractivity contribution in [1.82, 2.24) is 20.4 Å². The van der Waals surface area contributed by atoms with Crippen molar-refractivity contribution < 1.29 is 29.4 Å². The van der Waals surface area contributed by atoms with E-state index in [0.29, 0.717) is 24.0 Å². The number of carbonyl (C=O) groups is 1. The first kappa shape index (κ1) is 27.8. The van der Waals surface area contributed by atoms with E-state index in [-0.39, 0.29) is 19.8 Å². The first-order valence-electron chi connectivity index (χ1n) is 11.8. The second-order valence-electron chi connectivity index (χ2n) is 8.60. The minimum atomic E-state index is -0.911. The number of hydrogen-bond donors (Lipinski definition) is 4. The van der Waals surface area contributed by atoms with Crippen LogP contribution in [-0.2, 0) is 11.3 Å². The summed E-state index contributed by atoms with van der Waals surface area (Å²) >= 11 is 1.61. The van der Waals surface area contributed by atoms with Gasteiger partial charge in [-0.2, -0.15) is 4.98 Å². The topological polar surface area (TPSA) is 141 Å². The average Bonchev–Trinajstić information content (AvgIpc) is 3.48. The summed E-state index contributed by atoms with van der Waals surface area (Å²) in [6.07, 6.45) is -0.911. The molecule has 2 aromatic heterocycles. The number of aliphatic hydroxyl groups excluding tert-OH is 3. The molecule has 0 bridgehead atoms. The van der Waals surface area contributed by atoms with Gasteiger partial charge in [0.05, 0.1) is 11.5 Å². The standard InChI is InChI=1S/C25H34N4O6S/c1-5-29(6-7-30)12-21-15(2)10-20(36-21)25-27-24(28-35-25)18-8-16(3)23(17(4)9-18)34-14-19(32)11-26-22(33)13-31/h8-10,19,30-32H,5-7,11-14H2,1-4H3,(H,26,33)/t19-/m0/s1. The van der Waals surface area contributed by atoms with Crippen LogP contribution in [0.25, 0.3) is 22.2 Å². The third-order valence-corrected chi connectivity index (χ3v) is 6.91. The highest BCUT2D eigenvalue weighted by Crippen LogP contribution is 2.34. The van der Waals surface area contributed by atoms with Gasteiger partial charge in [-0.05, 0) is 62.2 Å². The SMILES string of the molecule is CCN(CCO)Cc1sc(-c2nc(-c3cc(C)c(OC[C@@H](O)CNC(=O)CO)c(C)c3)no2)cc1C. The summed E-state index contributed by atoms with van der Waals surface area (Å²) in [7, 11) is 0. The summed E-state index contributed by atoms with van der Waals surface area (Å²) in [5.74, 6) is 1.01. The molecule has 2 heterocycles. The van der Waals surface area contributed by atoms with E-state index in [9.17, 15) is 15.0 Å². The molecule has 196 valence electrons. The normalized spacial score (nSPS) is 12.2. The third kappa shape index (κ3) is 7.11. The van der Waals surface area contributed by atoms with Crippen molar-refractivity contribution in [2.45, 2.75) is 40.3 Å². The molecule has 1 atom stereocenters. The van der Waals surface area contributed by atoms with E-state index in [2.05, 4.69) is 34.2 Å². The van der Waals surface area contributed by atoms with Crippen molar-refractivity contribution in [2.24, 2.45) is 0 Å². The van der Waals surface area contributed by atoms with E-state index in [1.165, 1.54) is 4.88 Å². The number of benzene rings is 1. The molecule has 0 unspecified atom stereocenters. The number of amides is 1. The summed E-state index contributed by atoms with van der Waals surface area (Å²) in [4.78, 5) is 20.0. The number of aryl methyl sites for hydroxylation is 3. The quantitative estimate of drug-likeness (QED) is 0.267. The van der Waals surface area contributed by atoms with Gasteiger partial charge in [0.2, 0.25) is 11.7 Å². The maximum atomic E-state index is 11.1. The summed E-state index contributed by atoms with van der Waals surface area (Å²) < 4.78 is 11.4. The lowest BCUT2D eigenvalue weighted by Gasteiger charge is -2.18. The van der Waals surface area contributed by atoms with Crippen LogP contribution in [0.2, 0.25) is 0 Å². The van der Waals surface area contributed by atoms with E-state index in [4.69, 9.17) is 14.4 Å². The van der Waals surface area contributed by atoms with Crippen LogP contribution in [0.4, 0.5) is 0 Å². The Balaban J connectivity index is 1.70. The van der Waals surface area contributed by atoms with Crippen LogP contribution in [0.1, 0.15) is 28.5 Å². The predicted octanol–water partition coefficient (Wildman–Crippen LogP) is 2.05. The van der Waals surface area contributed by atoms with E-state index < -0.39 is 18.6 Å². The predicted molar refractivity (Wildman–Crippen MR) is 137 cm³/mol. The molecule has 0 radical (unpaired) electrons. The minimum Gasteiger partial charge on any atom is -0.490 e. The number of rotatable bonds is 13. The molecule has 0 aliphatic rings. The van der Waals surface area contributed by atoms with E-state index >= 15 is 0 Å². The number of carbonyl (C=O) groups excluding carboxylic acids is 1. The summed E-state index contributed by atoms with van der Waals surface area (Å²) in [5.41, 5.74) is 3.63. The van der Waals surface area contributed by atoms with Gasteiger partial charge in [0.25, 0.3) is 5.89 Å². The van der Waals surface area contributed by atoms with Gasteiger partial charge in [-0.15, -0.1) is 11.3 Å². The van der Waals surface area contributed by atoms with Gasteiger partial charge < -0.3 is 29.9 Å². The largest absolute Gasteiger partial charge is 0.490 e. The number of thiophene rings is 1. The van der Waals surface area contributed by atoms with Crippen LogP contribution < -0.4 is 10.1 Å². The molecule has 1 amide bonds. The highest BCUT2D eigenvalue weighted by molar-refractivity contribution is 7.15. The Bertz CT molecular complexity index is 1140. The lowest BCUT2D eigenvalue weighted by atomic mass is 10.1. The third-order valence-electron chi connectivity index (χ3n) is 5.71. The van der Waals surface area contributed by atoms with Crippen molar-refractivity contribution in [1.29, 1.82) is 0 Å². The Morgan fingerprint density at radius 2 is 1.92 bits per heavy atom. The van der Waals surface area contributed by atoms with Crippen molar-refractivity contribution in [3.05, 3.63) is 39.8 Å². The Labute approximate surface area is 214 Å². The summed E-state index contributed by atoms with van der Waals surface area (Å²) in [6.45, 7) is 9.66. The Kier molecular flexibility index (Phi) is 9.97. The molecule has 36 heavy (non-hydrogen) atoms. The number of aliphatic hydroxyl groups is 3. The van der Waals surface area contributed by atoms with Crippen molar-refractivity contribution in [3.63, 3.8) is 0 Å². The van der Waals surface area contributed by atoms with Gasteiger partial charge >= 0.3 is 0 Å². The van der Waals surface area contributed by atoms with E-state index in [1.54, 1.807) is 11.3 Å². The van der Waals surface area contributed by atoms with Crippen molar-refractivity contribution in [3.8, 4) is 27.9 Å². The lowest BCUT2D eigenvalue weighted by Crippen LogP contribution is -2.36.